The van der Waals surface area contributed by atoms with E-state index in [0.717, 1.165) is 29.3 Å². The number of halogens is 1. The quantitative estimate of drug-likeness (QED) is 0.353. The monoisotopic (exact) mass is 382 g/mol. The fourth-order valence-electron chi connectivity index (χ4n) is 3.21. The molecule has 1 aromatic carbocycles. The van der Waals surface area contributed by atoms with Crippen LogP contribution in [0.4, 0.5) is 0 Å². The predicted molar refractivity (Wildman–Crippen MR) is 105 cm³/mol. The Balaban J connectivity index is 2.18. The van der Waals surface area contributed by atoms with Gasteiger partial charge in [-0.05, 0) is 30.5 Å². The number of rotatable bonds is 13. The summed E-state index contributed by atoms with van der Waals surface area (Å²) in [5.41, 5.74) is 0.384. The lowest BCUT2D eigenvalue weighted by molar-refractivity contribution is 0.0206. The van der Waals surface area contributed by atoms with E-state index in [4.69, 9.17) is 0 Å². The highest BCUT2D eigenvalue weighted by Crippen LogP contribution is 2.32. The fraction of sp³-hybridized carbons (Fsp3) is 0.714. The molecule has 132 valence electrons. The van der Waals surface area contributed by atoms with Gasteiger partial charge in [0.05, 0.1) is 5.60 Å². The maximum atomic E-state index is 10.9. The SMILES string of the molecule is CCCCCCCCCCCC[C@@](O)(CC)c1cccc(Br)c1. The van der Waals surface area contributed by atoms with Crippen LogP contribution in [0.2, 0.25) is 0 Å². The van der Waals surface area contributed by atoms with Crippen LogP contribution in [0.3, 0.4) is 0 Å². The van der Waals surface area contributed by atoms with Gasteiger partial charge in [0, 0.05) is 4.47 Å². The summed E-state index contributed by atoms with van der Waals surface area (Å²) in [6.45, 7) is 4.35. The molecule has 0 radical (unpaired) electrons. The number of unbranched alkanes of at least 4 members (excludes halogenated alkanes) is 9. The third-order valence-electron chi connectivity index (χ3n) is 4.89. The van der Waals surface area contributed by atoms with Crippen molar-refractivity contribution in [3.05, 3.63) is 34.3 Å². The molecule has 0 unspecified atom stereocenters. The van der Waals surface area contributed by atoms with E-state index in [1.54, 1.807) is 0 Å². The second kappa shape index (κ2) is 12.1. The van der Waals surface area contributed by atoms with Gasteiger partial charge < -0.3 is 5.11 Å². The molecule has 0 heterocycles. The largest absolute Gasteiger partial charge is 0.385 e. The molecule has 0 bridgehead atoms. The van der Waals surface area contributed by atoms with Crippen molar-refractivity contribution in [1.82, 2.24) is 0 Å². The number of aliphatic hydroxyl groups is 1. The van der Waals surface area contributed by atoms with E-state index in [2.05, 4.69) is 35.8 Å². The van der Waals surface area contributed by atoms with E-state index in [9.17, 15) is 5.11 Å². The molecule has 1 nitrogen and oxygen atoms in total. The minimum absolute atomic E-state index is 0.663. The van der Waals surface area contributed by atoms with Gasteiger partial charge in [-0.2, -0.15) is 0 Å². The van der Waals surface area contributed by atoms with E-state index < -0.39 is 5.60 Å². The van der Waals surface area contributed by atoms with Crippen molar-refractivity contribution in [1.29, 1.82) is 0 Å². The second-order valence-corrected chi connectivity index (χ2v) is 7.74. The van der Waals surface area contributed by atoms with E-state index in [1.165, 1.54) is 57.8 Å². The Bertz CT molecular complexity index is 418. The van der Waals surface area contributed by atoms with Crippen molar-refractivity contribution in [3.8, 4) is 0 Å². The molecule has 1 rings (SSSR count). The third-order valence-corrected chi connectivity index (χ3v) is 5.38. The van der Waals surface area contributed by atoms with Crippen LogP contribution in [0.25, 0.3) is 0 Å². The second-order valence-electron chi connectivity index (χ2n) is 6.83. The van der Waals surface area contributed by atoms with E-state index >= 15 is 0 Å². The Morgan fingerprint density at radius 1 is 0.870 bits per heavy atom. The number of hydrogen-bond acceptors (Lipinski definition) is 1. The molecule has 0 saturated carbocycles. The van der Waals surface area contributed by atoms with Crippen LogP contribution >= 0.6 is 15.9 Å². The minimum atomic E-state index is -0.663. The van der Waals surface area contributed by atoms with Gasteiger partial charge in [0.15, 0.2) is 0 Å². The summed E-state index contributed by atoms with van der Waals surface area (Å²) in [6, 6.07) is 8.13. The highest BCUT2D eigenvalue weighted by atomic mass is 79.9. The van der Waals surface area contributed by atoms with Gasteiger partial charge in [-0.3, -0.25) is 0 Å². The molecular formula is C21H35BrO. The molecule has 0 amide bonds. The first kappa shape index (κ1) is 20.7. The van der Waals surface area contributed by atoms with E-state index in [0.29, 0.717) is 0 Å². The first-order valence-corrected chi connectivity index (χ1v) is 10.4. The Kier molecular flexibility index (Phi) is 10.9. The van der Waals surface area contributed by atoms with Gasteiger partial charge in [0.1, 0.15) is 0 Å². The molecular weight excluding hydrogens is 348 g/mol. The fourth-order valence-corrected chi connectivity index (χ4v) is 3.61. The zero-order valence-corrected chi connectivity index (χ0v) is 16.7. The third kappa shape index (κ3) is 8.35. The molecule has 0 fully saturated rings. The van der Waals surface area contributed by atoms with Gasteiger partial charge in [0.2, 0.25) is 0 Å². The molecule has 2 heteroatoms. The normalized spacial score (nSPS) is 13.9. The molecule has 0 aliphatic rings. The highest BCUT2D eigenvalue weighted by molar-refractivity contribution is 9.10. The molecule has 1 N–H and O–H groups in total. The minimum Gasteiger partial charge on any atom is -0.385 e. The van der Waals surface area contributed by atoms with E-state index in [-0.39, 0.29) is 0 Å². The summed E-state index contributed by atoms with van der Waals surface area (Å²) in [5.74, 6) is 0. The summed E-state index contributed by atoms with van der Waals surface area (Å²) in [7, 11) is 0. The molecule has 0 aliphatic carbocycles. The molecule has 1 atom stereocenters. The number of benzene rings is 1. The van der Waals surface area contributed by atoms with Crippen LogP contribution in [0, 0.1) is 0 Å². The Labute approximate surface area is 152 Å². The van der Waals surface area contributed by atoms with Crippen LogP contribution in [-0.4, -0.2) is 5.11 Å². The Morgan fingerprint density at radius 3 is 1.96 bits per heavy atom. The van der Waals surface area contributed by atoms with Crippen molar-refractivity contribution in [2.24, 2.45) is 0 Å². The van der Waals surface area contributed by atoms with Crippen molar-refractivity contribution < 1.29 is 5.11 Å². The van der Waals surface area contributed by atoms with Crippen molar-refractivity contribution in [2.75, 3.05) is 0 Å². The van der Waals surface area contributed by atoms with Crippen LogP contribution < -0.4 is 0 Å². The zero-order chi connectivity index (χ0) is 17.0. The molecule has 0 aliphatic heterocycles. The van der Waals surface area contributed by atoms with Gasteiger partial charge >= 0.3 is 0 Å². The summed E-state index contributed by atoms with van der Waals surface area (Å²) < 4.78 is 1.05. The summed E-state index contributed by atoms with van der Waals surface area (Å²) >= 11 is 3.51. The van der Waals surface area contributed by atoms with Crippen LogP contribution in [0.15, 0.2) is 28.7 Å². The van der Waals surface area contributed by atoms with Gasteiger partial charge in [0.25, 0.3) is 0 Å². The predicted octanol–water partition coefficient (Wildman–Crippen LogP) is 7.36. The first-order chi connectivity index (χ1) is 11.1. The molecule has 0 aromatic heterocycles. The first-order valence-electron chi connectivity index (χ1n) is 9.61. The number of hydrogen-bond donors (Lipinski definition) is 1. The van der Waals surface area contributed by atoms with Crippen LogP contribution in [-0.2, 0) is 5.60 Å². The smallest absolute Gasteiger partial charge is 0.0894 e. The van der Waals surface area contributed by atoms with Crippen molar-refractivity contribution >= 4 is 15.9 Å². The maximum absolute atomic E-state index is 10.9. The molecule has 1 aromatic rings. The average Bonchev–Trinajstić information content (AvgIpc) is 2.56. The standard InChI is InChI=1S/C21H35BrO/c1-3-5-6-7-8-9-10-11-12-13-17-21(23,4-2)19-15-14-16-20(22)18-19/h14-16,18,23H,3-13,17H2,1-2H3/t21-/m0/s1. The van der Waals surface area contributed by atoms with Gasteiger partial charge in [-0.25, -0.2) is 0 Å². The van der Waals surface area contributed by atoms with Crippen molar-refractivity contribution in [2.45, 2.75) is 96.5 Å². The molecule has 23 heavy (non-hydrogen) atoms. The lowest BCUT2D eigenvalue weighted by Gasteiger charge is -2.27. The van der Waals surface area contributed by atoms with Gasteiger partial charge in [-0.15, -0.1) is 0 Å². The molecule has 0 spiro atoms. The summed E-state index contributed by atoms with van der Waals surface area (Å²) in [5, 5.41) is 10.9. The van der Waals surface area contributed by atoms with E-state index in [1.807, 2.05) is 18.2 Å². The van der Waals surface area contributed by atoms with Crippen molar-refractivity contribution in [3.63, 3.8) is 0 Å². The Hall–Kier alpha value is -0.340. The zero-order valence-electron chi connectivity index (χ0n) is 15.1. The van der Waals surface area contributed by atoms with Crippen LogP contribution in [0.5, 0.6) is 0 Å². The Morgan fingerprint density at radius 2 is 1.43 bits per heavy atom. The topological polar surface area (TPSA) is 20.2 Å². The lowest BCUT2D eigenvalue weighted by Crippen LogP contribution is -2.24. The summed E-state index contributed by atoms with van der Waals surface area (Å²) in [4.78, 5) is 0. The maximum Gasteiger partial charge on any atom is 0.0894 e. The van der Waals surface area contributed by atoms with Gasteiger partial charge in [-0.1, -0.05) is 106 Å². The average molecular weight is 383 g/mol. The molecule has 0 saturated heterocycles. The summed E-state index contributed by atoms with van der Waals surface area (Å²) in [6.07, 6.45) is 15.0. The highest BCUT2D eigenvalue weighted by Gasteiger charge is 2.26. The van der Waals surface area contributed by atoms with Crippen LogP contribution in [0.1, 0.15) is 96.5 Å². The lowest BCUT2D eigenvalue weighted by atomic mass is 9.86.